The number of hydrogen-bond acceptors (Lipinski definition) is 2. The minimum atomic E-state index is 0.817. The molecule has 266 valence electrons. The average molecular weight is 646 g/mol. The van der Waals surface area contributed by atoms with E-state index in [2.05, 4.69) is 62.4 Å². The lowest BCUT2D eigenvalue weighted by Crippen LogP contribution is -1.97. The van der Waals surface area contributed by atoms with Crippen LogP contribution in [0.3, 0.4) is 0 Å². The third-order valence-corrected chi connectivity index (χ3v) is 9.76. The van der Waals surface area contributed by atoms with Gasteiger partial charge in [-0.25, -0.2) is 0 Å². The van der Waals surface area contributed by atoms with Crippen LogP contribution in [0, 0.1) is 0 Å². The molecule has 2 heteroatoms. The van der Waals surface area contributed by atoms with Crippen molar-refractivity contribution in [1.82, 2.24) is 0 Å². The molecule has 0 aliphatic rings. The van der Waals surface area contributed by atoms with Gasteiger partial charge in [0.25, 0.3) is 0 Å². The van der Waals surface area contributed by atoms with Gasteiger partial charge in [-0.1, -0.05) is 193 Å². The molecule has 2 aromatic carbocycles. The maximum absolute atomic E-state index is 5.99. The molecule has 47 heavy (non-hydrogen) atoms. The first-order chi connectivity index (χ1) is 23.3. The minimum absolute atomic E-state index is 0.817. The van der Waals surface area contributed by atoms with Crippen LogP contribution in [0.2, 0.25) is 0 Å². The zero-order valence-electron chi connectivity index (χ0n) is 31.3. The Morgan fingerprint density at radius 1 is 0.426 bits per heavy atom. The number of unbranched alkanes of at least 4 members (excludes halogenated alkanes) is 26. The maximum atomic E-state index is 5.99. The summed E-state index contributed by atoms with van der Waals surface area (Å²) in [7, 11) is 0. The molecule has 0 spiro atoms. The van der Waals surface area contributed by atoms with E-state index in [9.17, 15) is 0 Å². The van der Waals surface area contributed by atoms with Gasteiger partial charge in [0, 0.05) is 6.21 Å². The summed E-state index contributed by atoms with van der Waals surface area (Å²) in [6.45, 7) is 5.41. The SMILES string of the molecule is CCCCCCCCCCCCCCCCOc1ccc(C=Nc2ccc(CCCCCCCCCCCCCCCC)cc2)cc1. The molecule has 0 aliphatic heterocycles. The molecule has 2 nitrogen and oxygen atoms in total. The number of hydrogen-bond donors (Lipinski definition) is 0. The van der Waals surface area contributed by atoms with Gasteiger partial charge in [-0.3, -0.25) is 4.99 Å². The van der Waals surface area contributed by atoms with Crippen LogP contribution in [0.4, 0.5) is 5.69 Å². The summed E-state index contributed by atoms with van der Waals surface area (Å²) in [4.78, 5) is 4.70. The molecule has 0 saturated carbocycles. The Balaban J connectivity index is 1.42. The smallest absolute Gasteiger partial charge is 0.119 e. The van der Waals surface area contributed by atoms with Crippen molar-refractivity contribution in [3.05, 3.63) is 59.7 Å². The Labute approximate surface area is 293 Å². The summed E-state index contributed by atoms with van der Waals surface area (Å²) >= 11 is 0. The van der Waals surface area contributed by atoms with Crippen LogP contribution < -0.4 is 4.74 Å². The zero-order valence-corrected chi connectivity index (χ0v) is 31.3. The highest BCUT2D eigenvalue weighted by molar-refractivity contribution is 5.82. The molecular formula is C45H75NO. The van der Waals surface area contributed by atoms with Crippen LogP contribution in [-0.4, -0.2) is 12.8 Å². The van der Waals surface area contributed by atoms with Gasteiger partial charge in [0.15, 0.2) is 0 Å². The van der Waals surface area contributed by atoms with Crippen molar-refractivity contribution in [3.63, 3.8) is 0 Å². The standard InChI is InChI=1S/C45H75NO/c1-3-5-7-9-11-13-15-17-19-21-23-25-27-29-31-42-32-36-44(37-33-42)46-41-43-34-38-45(39-35-43)47-40-30-28-26-24-22-20-18-16-14-12-10-8-6-4-2/h32-39,41H,3-31,40H2,1-2H3. The van der Waals surface area contributed by atoms with Crippen molar-refractivity contribution in [2.75, 3.05) is 6.61 Å². The number of nitrogens with zero attached hydrogens (tertiary/aromatic N) is 1. The van der Waals surface area contributed by atoms with E-state index in [4.69, 9.17) is 9.73 Å². The minimum Gasteiger partial charge on any atom is -0.494 e. The largest absolute Gasteiger partial charge is 0.494 e. The molecule has 0 aliphatic carbocycles. The number of aliphatic imine (C=N–C) groups is 1. The molecule has 2 rings (SSSR count). The fourth-order valence-electron chi connectivity index (χ4n) is 6.56. The molecule has 0 unspecified atom stereocenters. The summed E-state index contributed by atoms with van der Waals surface area (Å²) in [5, 5.41) is 0. The molecule has 0 bridgehead atoms. The molecule has 0 N–H and O–H groups in total. The highest BCUT2D eigenvalue weighted by atomic mass is 16.5. The van der Waals surface area contributed by atoms with E-state index in [1.165, 1.54) is 185 Å². The maximum Gasteiger partial charge on any atom is 0.119 e. The van der Waals surface area contributed by atoms with E-state index in [0.29, 0.717) is 0 Å². The molecule has 0 fully saturated rings. The Morgan fingerprint density at radius 3 is 1.23 bits per heavy atom. The first-order valence-electron chi connectivity index (χ1n) is 20.7. The lowest BCUT2D eigenvalue weighted by Gasteiger charge is -2.07. The lowest BCUT2D eigenvalue weighted by atomic mass is 10.0. The van der Waals surface area contributed by atoms with Crippen molar-refractivity contribution in [3.8, 4) is 5.75 Å². The van der Waals surface area contributed by atoms with Gasteiger partial charge in [0.05, 0.1) is 12.3 Å². The summed E-state index contributed by atoms with van der Waals surface area (Å²) in [6.07, 6.45) is 42.4. The van der Waals surface area contributed by atoms with Crippen LogP contribution in [0.1, 0.15) is 205 Å². The molecule has 0 saturated heterocycles. The van der Waals surface area contributed by atoms with Gasteiger partial charge in [0.2, 0.25) is 0 Å². The molecule has 2 aromatic rings. The van der Waals surface area contributed by atoms with Gasteiger partial charge in [0.1, 0.15) is 5.75 Å². The number of aryl methyl sites for hydroxylation is 1. The second-order valence-corrected chi connectivity index (χ2v) is 14.3. The highest BCUT2D eigenvalue weighted by Crippen LogP contribution is 2.18. The molecule has 0 amide bonds. The summed E-state index contributed by atoms with van der Waals surface area (Å²) in [5.41, 5.74) is 3.57. The predicted molar refractivity (Wildman–Crippen MR) is 210 cm³/mol. The third kappa shape index (κ3) is 24.7. The van der Waals surface area contributed by atoms with Gasteiger partial charge >= 0.3 is 0 Å². The van der Waals surface area contributed by atoms with E-state index in [-0.39, 0.29) is 0 Å². The van der Waals surface area contributed by atoms with Crippen molar-refractivity contribution >= 4 is 11.9 Å². The Bertz CT molecular complexity index is 947. The monoisotopic (exact) mass is 646 g/mol. The van der Waals surface area contributed by atoms with E-state index in [0.717, 1.165) is 30.0 Å². The number of rotatable bonds is 33. The Morgan fingerprint density at radius 2 is 0.809 bits per heavy atom. The second-order valence-electron chi connectivity index (χ2n) is 14.3. The fraction of sp³-hybridized carbons (Fsp3) is 0.711. The topological polar surface area (TPSA) is 21.6 Å². The van der Waals surface area contributed by atoms with Crippen LogP contribution in [-0.2, 0) is 6.42 Å². The van der Waals surface area contributed by atoms with Crippen LogP contribution in [0.5, 0.6) is 5.75 Å². The second kappa shape index (κ2) is 31.2. The number of ether oxygens (including phenoxy) is 1. The molecular weight excluding hydrogens is 571 g/mol. The Hall–Kier alpha value is -2.09. The third-order valence-electron chi connectivity index (χ3n) is 9.76. The quantitative estimate of drug-likeness (QED) is 0.0559. The van der Waals surface area contributed by atoms with Gasteiger partial charge in [-0.15, -0.1) is 0 Å². The van der Waals surface area contributed by atoms with Crippen molar-refractivity contribution in [2.24, 2.45) is 4.99 Å². The van der Waals surface area contributed by atoms with E-state index in [1.807, 2.05) is 6.21 Å². The predicted octanol–water partition coefficient (Wildman–Crippen LogP) is 15.3. The van der Waals surface area contributed by atoms with Crippen LogP contribution >= 0.6 is 0 Å². The Kier molecular flexibility index (Phi) is 27.3. The van der Waals surface area contributed by atoms with E-state index < -0.39 is 0 Å². The van der Waals surface area contributed by atoms with E-state index in [1.54, 1.807) is 0 Å². The normalized spacial score (nSPS) is 11.5. The first kappa shape index (κ1) is 41.1. The summed E-state index contributed by atoms with van der Waals surface area (Å²) < 4.78 is 5.99. The van der Waals surface area contributed by atoms with Gasteiger partial charge in [-0.2, -0.15) is 0 Å². The van der Waals surface area contributed by atoms with Crippen molar-refractivity contribution in [1.29, 1.82) is 0 Å². The molecule has 0 aromatic heterocycles. The van der Waals surface area contributed by atoms with E-state index >= 15 is 0 Å². The average Bonchev–Trinajstić information content (AvgIpc) is 3.10. The first-order valence-corrected chi connectivity index (χ1v) is 20.7. The van der Waals surface area contributed by atoms with Gasteiger partial charge in [-0.05, 0) is 66.8 Å². The summed E-state index contributed by atoms with van der Waals surface area (Å²) in [6, 6.07) is 17.2. The van der Waals surface area contributed by atoms with Gasteiger partial charge < -0.3 is 4.74 Å². The molecule has 0 radical (unpaired) electrons. The lowest BCUT2D eigenvalue weighted by molar-refractivity contribution is 0.304. The molecule has 0 heterocycles. The van der Waals surface area contributed by atoms with Crippen LogP contribution in [0.15, 0.2) is 53.5 Å². The summed E-state index contributed by atoms with van der Waals surface area (Å²) in [5.74, 6) is 0.963. The van der Waals surface area contributed by atoms with Crippen molar-refractivity contribution in [2.45, 2.75) is 200 Å². The zero-order chi connectivity index (χ0) is 33.3. The van der Waals surface area contributed by atoms with Crippen LogP contribution in [0.25, 0.3) is 0 Å². The highest BCUT2D eigenvalue weighted by Gasteiger charge is 1.99. The number of benzene rings is 2. The fourth-order valence-corrected chi connectivity index (χ4v) is 6.56. The molecule has 0 atom stereocenters. The van der Waals surface area contributed by atoms with Crippen molar-refractivity contribution < 1.29 is 4.74 Å².